The van der Waals surface area contributed by atoms with Crippen molar-refractivity contribution in [1.82, 2.24) is 0 Å². The van der Waals surface area contributed by atoms with Gasteiger partial charge in [0.25, 0.3) is 0 Å². The van der Waals surface area contributed by atoms with E-state index in [2.05, 4.69) is 15.9 Å². The number of aliphatic carboxylic acids is 1. The van der Waals surface area contributed by atoms with Crippen LogP contribution in [0.4, 0.5) is 5.69 Å². The van der Waals surface area contributed by atoms with E-state index in [4.69, 9.17) is 5.73 Å². The number of nitrogens with two attached hydrogens (primary N) is 1. The highest BCUT2D eigenvalue weighted by Crippen LogP contribution is 2.40. The highest BCUT2D eigenvalue weighted by atomic mass is 79.9. The fourth-order valence-corrected chi connectivity index (χ4v) is 3.07. The number of halogens is 1. The molecule has 1 aromatic rings. The van der Waals surface area contributed by atoms with E-state index in [1.165, 1.54) is 0 Å². The standard InChI is InChI=1S/C13H16BrNO2/c14-9-5-6-11(15)10(7-9)12(13(16)17)8-3-1-2-4-8/h5-8,12H,1-4,15H2,(H,16,17). The van der Waals surface area contributed by atoms with Gasteiger partial charge in [-0.15, -0.1) is 0 Å². The zero-order chi connectivity index (χ0) is 12.4. The van der Waals surface area contributed by atoms with Crippen LogP contribution in [0.3, 0.4) is 0 Å². The Morgan fingerprint density at radius 2 is 2.06 bits per heavy atom. The molecule has 0 heterocycles. The summed E-state index contributed by atoms with van der Waals surface area (Å²) in [4.78, 5) is 11.5. The Hall–Kier alpha value is -1.03. The molecule has 1 fully saturated rings. The zero-order valence-electron chi connectivity index (χ0n) is 9.53. The van der Waals surface area contributed by atoms with Crippen LogP contribution < -0.4 is 5.73 Å². The van der Waals surface area contributed by atoms with E-state index in [1.807, 2.05) is 12.1 Å². The van der Waals surface area contributed by atoms with Crippen molar-refractivity contribution in [3.8, 4) is 0 Å². The number of rotatable bonds is 3. The Kier molecular flexibility index (Phi) is 3.72. The summed E-state index contributed by atoms with van der Waals surface area (Å²) < 4.78 is 0.881. The minimum Gasteiger partial charge on any atom is -0.481 e. The molecular formula is C13H16BrNO2. The molecule has 92 valence electrons. The molecule has 0 aromatic heterocycles. The third-order valence-corrected chi connectivity index (χ3v) is 4.01. The van der Waals surface area contributed by atoms with Crippen LogP contribution in [0, 0.1) is 5.92 Å². The molecule has 1 saturated carbocycles. The van der Waals surface area contributed by atoms with Gasteiger partial charge in [-0.1, -0.05) is 28.8 Å². The molecule has 0 aliphatic heterocycles. The van der Waals surface area contributed by atoms with Gasteiger partial charge in [-0.3, -0.25) is 4.79 Å². The minimum absolute atomic E-state index is 0.226. The van der Waals surface area contributed by atoms with Crippen molar-refractivity contribution in [3.05, 3.63) is 28.2 Å². The maximum absolute atomic E-state index is 11.5. The van der Waals surface area contributed by atoms with Crippen LogP contribution in [0.1, 0.15) is 37.2 Å². The molecule has 0 radical (unpaired) electrons. The number of benzene rings is 1. The van der Waals surface area contributed by atoms with E-state index < -0.39 is 11.9 Å². The smallest absolute Gasteiger partial charge is 0.311 e. The van der Waals surface area contributed by atoms with Gasteiger partial charge in [-0.2, -0.15) is 0 Å². The van der Waals surface area contributed by atoms with Crippen molar-refractivity contribution < 1.29 is 9.90 Å². The molecule has 3 nitrogen and oxygen atoms in total. The molecule has 4 heteroatoms. The predicted molar refractivity (Wildman–Crippen MR) is 70.9 cm³/mol. The summed E-state index contributed by atoms with van der Waals surface area (Å²) in [6, 6.07) is 5.45. The normalized spacial score (nSPS) is 18.2. The monoisotopic (exact) mass is 297 g/mol. The van der Waals surface area contributed by atoms with Gasteiger partial charge >= 0.3 is 5.97 Å². The minimum atomic E-state index is -0.762. The molecule has 1 aliphatic rings. The van der Waals surface area contributed by atoms with E-state index in [9.17, 15) is 9.90 Å². The second-order valence-electron chi connectivity index (χ2n) is 4.63. The van der Waals surface area contributed by atoms with Gasteiger partial charge in [0.1, 0.15) is 0 Å². The lowest BCUT2D eigenvalue weighted by molar-refractivity contribution is -0.140. The highest BCUT2D eigenvalue weighted by molar-refractivity contribution is 9.10. The summed E-state index contributed by atoms with van der Waals surface area (Å²) in [6.07, 6.45) is 4.23. The van der Waals surface area contributed by atoms with E-state index >= 15 is 0 Å². The number of carboxylic acid groups (broad SMARTS) is 1. The second-order valence-corrected chi connectivity index (χ2v) is 5.55. The quantitative estimate of drug-likeness (QED) is 0.841. The summed E-state index contributed by atoms with van der Waals surface area (Å²) >= 11 is 3.37. The van der Waals surface area contributed by atoms with E-state index in [0.717, 1.165) is 35.7 Å². The fourth-order valence-electron chi connectivity index (χ4n) is 2.69. The summed E-state index contributed by atoms with van der Waals surface area (Å²) in [5, 5.41) is 9.43. The van der Waals surface area contributed by atoms with Crippen LogP contribution in [-0.4, -0.2) is 11.1 Å². The van der Waals surface area contributed by atoms with Gasteiger partial charge < -0.3 is 10.8 Å². The number of hydrogen-bond donors (Lipinski definition) is 2. The molecule has 1 atom stereocenters. The van der Waals surface area contributed by atoms with Crippen LogP contribution >= 0.6 is 15.9 Å². The van der Waals surface area contributed by atoms with Gasteiger partial charge in [-0.25, -0.2) is 0 Å². The maximum atomic E-state index is 11.5. The number of carboxylic acids is 1. The van der Waals surface area contributed by atoms with Crippen molar-refractivity contribution in [2.45, 2.75) is 31.6 Å². The highest BCUT2D eigenvalue weighted by Gasteiger charge is 2.33. The van der Waals surface area contributed by atoms with E-state index in [1.54, 1.807) is 6.07 Å². The molecule has 0 spiro atoms. The molecular weight excluding hydrogens is 282 g/mol. The molecule has 0 bridgehead atoms. The molecule has 1 unspecified atom stereocenters. The molecule has 2 rings (SSSR count). The largest absolute Gasteiger partial charge is 0.481 e. The number of anilines is 1. The number of nitrogen functional groups attached to an aromatic ring is 1. The first-order valence-electron chi connectivity index (χ1n) is 5.87. The summed E-state index contributed by atoms with van der Waals surface area (Å²) in [7, 11) is 0. The van der Waals surface area contributed by atoms with E-state index in [-0.39, 0.29) is 5.92 Å². The summed E-state index contributed by atoms with van der Waals surface area (Å²) in [5.41, 5.74) is 7.24. The van der Waals surface area contributed by atoms with Crippen LogP contribution in [0.25, 0.3) is 0 Å². The molecule has 3 N–H and O–H groups in total. The molecule has 1 aromatic carbocycles. The molecule has 0 saturated heterocycles. The Labute approximate surface area is 109 Å². The lowest BCUT2D eigenvalue weighted by atomic mass is 9.84. The number of carbonyl (C=O) groups is 1. The lowest BCUT2D eigenvalue weighted by Gasteiger charge is -2.21. The number of hydrogen-bond acceptors (Lipinski definition) is 2. The Morgan fingerprint density at radius 1 is 1.41 bits per heavy atom. The van der Waals surface area contributed by atoms with Gasteiger partial charge in [0.15, 0.2) is 0 Å². The van der Waals surface area contributed by atoms with Crippen molar-refractivity contribution in [2.24, 2.45) is 5.92 Å². The van der Waals surface area contributed by atoms with Crippen molar-refractivity contribution in [1.29, 1.82) is 0 Å². The maximum Gasteiger partial charge on any atom is 0.311 e. The third kappa shape index (κ3) is 2.63. The Morgan fingerprint density at radius 3 is 2.65 bits per heavy atom. The average Bonchev–Trinajstić information content (AvgIpc) is 2.76. The third-order valence-electron chi connectivity index (χ3n) is 3.52. The van der Waals surface area contributed by atoms with Crippen LogP contribution in [0.15, 0.2) is 22.7 Å². The molecule has 17 heavy (non-hydrogen) atoms. The van der Waals surface area contributed by atoms with Gasteiger partial charge in [0.05, 0.1) is 5.92 Å². The second kappa shape index (κ2) is 5.08. The lowest BCUT2D eigenvalue weighted by Crippen LogP contribution is -2.20. The first-order chi connectivity index (χ1) is 8.09. The zero-order valence-corrected chi connectivity index (χ0v) is 11.1. The molecule has 0 amide bonds. The topological polar surface area (TPSA) is 63.3 Å². The van der Waals surface area contributed by atoms with Gasteiger partial charge in [0, 0.05) is 10.2 Å². The van der Waals surface area contributed by atoms with Gasteiger partial charge in [0.2, 0.25) is 0 Å². The van der Waals surface area contributed by atoms with Gasteiger partial charge in [-0.05, 0) is 42.5 Å². The van der Waals surface area contributed by atoms with Crippen molar-refractivity contribution >= 4 is 27.6 Å². The first kappa shape index (κ1) is 12.4. The van der Waals surface area contributed by atoms with Crippen molar-refractivity contribution in [3.63, 3.8) is 0 Å². The molecule has 1 aliphatic carbocycles. The fraction of sp³-hybridized carbons (Fsp3) is 0.462. The van der Waals surface area contributed by atoms with Crippen molar-refractivity contribution in [2.75, 3.05) is 5.73 Å². The summed E-state index contributed by atoms with van der Waals surface area (Å²) in [5.74, 6) is -0.999. The Bertz CT molecular complexity index is 427. The van der Waals surface area contributed by atoms with E-state index in [0.29, 0.717) is 5.69 Å². The predicted octanol–water partition coefficient (Wildman–Crippen LogP) is 3.39. The summed E-state index contributed by atoms with van der Waals surface area (Å²) in [6.45, 7) is 0. The van der Waals surface area contributed by atoms with Crippen LogP contribution in [0.2, 0.25) is 0 Å². The van der Waals surface area contributed by atoms with Crippen LogP contribution in [-0.2, 0) is 4.79 Å². The average molecular weight is 298 g/mol. The first-order valence-corrected chi connectivity index (χ1v) is 6.66. The van der Waals surface area contributed by atoms with Crippen LogP contribution in [0.5, 0.6) is 0 Å². The SMILES string of the molecule is Nc1ccc(Br)cc1C(C(=O)O)C1CCCC1. The Balaban J connectivity index is 2.37.